The highest BCUT2D eigenvalue weighted by Gasteiger charge is 2.18. The Bertz CT molecular complexity index is 679. The van der Waals surface area contributed by atoms with E-state index in [2.05, 4.69) is 16.0 Å². The maximum absolute atomic E-state index is 12.1. The van der Waals surface area contributed by atoms with Crippen LogP contribution < -0.4 is 16.0 Å². The van der Waals surface area contributed by atoms with E-state index in [9.17, 15) is 24.3 Å². The van der Waals surface area contributed by atoms with Gasteiger partial charge in [-0.15, -0.1) is 0 Å². The van der Waals surface area contributed by atoms with E-state index in [4.69, 9.17) is 5.11 Å². The second-order valence-corrected chi connectivity index (χ2v) is 6.25. The molecule has 10 heteroatoms. The first-order chi connectivity index (χ1) is 11.7. The first kappa shape index (κ1) is 20.7. The fourth-order valence-corrected chi connectivity index (χ4v) is 2.77. The summed E-state index contributed by atoms with van der Waals surface area (Å²) < 4.78 is 0.722. The van der Waals surface area contributed by atoms with Crippen LogP contribution >= 0.6 is 22.6 Å². The molecular weight excluding hydrogens is 445 g/mol. The number of hydrogen-bond acceptors (Lipinski definition) is 5. The van der Waals surface area contributed by atoms with Crippen molar-refractivity contribution in [3.05, 3.63) is 27.3 Å². The molecule has 0 spiro atoms. The van der Waals surface area contributed by atoms with Gasteiger partial charge in [0.1, 0.15) is 12.3 Å². The number of nitrogens with one attached hydrogen (secondary N) is 3. The van der Waals surface area contributed by atoms with Gasteiger partial charge in [-0.25, -0.2) is 0 Å². The zero-order chi connectivity index (χ0) is 19.0. The van der Waals surface area contributed by atoms with Crippen LogP contribution in [0.4, 0.5) is 0 Å². The van der Waals surface area contributed by atoms with Crippen molar-refractivity contribution in [2.75, 3.05) is 19.6 Å². The number of aromatic hydroxyl groups is 1. The summed E-state index contributed by atoms with van der Waals surface area (Å²) in [6.45, 7) is 0.437. The van der Waals surface area contributed by atoms with Gasteiger partial charge in [-0.05, 0) is 47.2 Å². The van der Waals surface area contributed by atoms with Gasteiger partial charge >= 0.3 is 5.97 Å². The van der Waals surface area contributed by atoms with Gasteiger partial charge in [0.25, 0.3) is 0 Å². The highest BCUT2D eigenvalue weighted by molar-refractivity contribution is 14.1. The molecule has 136 valence electrons. The van der Waals surface area contributed by atoms with Gasteiger partial charge in [-0.1, -0.05) is 6.07 Å². The summed E-state index contributed by atoms with van der Waals surface area (Å²) in [6, 6.07) is 4.64. The maximum Gasteiger partial charge on any atom is 0.322 e. The number of aliphatic carboxylic acids is 1. The predicted octanol–water partition coefficient (Wildman–Crippen LogP) is -0.466. The molecule has 1 aromatic rings. The molecule has 0 saturated heterocycles. The molecular formula is C15H18IN3O6. The van der Waals surface area contributed by atoms with E-state index in [1.54, 1.807) is 13.0 Å². The largest absolute Gasteiger partial charge is 0.508 e. The molecule has 0 aliphatic rings. The van der Waals surface area contributed by atoms with Crippen molar-refractivity contribution >= 4 is 46.3 Å². The second kappa shape index (κ2) is 9.81. The molecule has 9 nitrogen and oxygen atoms in total. The van der Waals surface area contributed by atoms with Crippen molar-refractivity contribution in [3.8, 4) is 5.75 Å². The Morgan fingerprint density at radius 1 is 1.04 bits per heavy atom. The van der Waals surface area contributed by atoms with Gasteiger partial charge < -0.3 is 26.2 Å². The summed E-state index contributed by atoms with van der Waals surface area (Å²) in [4.78, 5) is 45.2. The Kier molecular flexibility index (Phi) is 8.11. The van der Waals surface area contributed by atoms with Crippen molar-refractivity contribution in [1.29, 1.82) is 0 Å². The number of amides is 3. The molecule has 25 heavy (non-hydrogen) atoms. The molecule has 0 aliphatic heterocycles. The van der Waals surface area contributed by atoms with Crippen molar-refractivity contribution in [3.63, 3.8) is 0 Å². The van der Waals surface area contributed by atoms with Gasteiger partial charge in [0.2, 0.25) is 17.7 Å². The molecule has 0 radical (unpaired) electrons. The fraction of sp³-hybridized carbons (Fsp3) is 0.333. The fourth-order valence-electron chi connectivity index (χ4n) is 1.81. The first-order valence-electron chi connectivity index (χ1n) is 7.22. The lowest BCUT2D eigenvalue weighted by molar-refractivity contribution is -0.137. The van der Waals surface area contributed by atoms with Crippen LogP contribution in [0, 0.1) is 3.57 Å². The number of halogens is 1. The number of phenolic OH excluding ortho intramolecular Hbond substituents is 1. The lowest BCUT2D eigenvalue weighted by Crippen LogP contribution is -2.43. The molecule has 5 N–H and O–H groups in total. The summed E-state index contributed by atoms with van der Waals surface area (Å²) in [6.07, 6.45) is 0. The summed E-state index contributed by atoms with van der Waals surface area (Å²) in [5, 5.41) is 24.6. The SMILES string of the molecule is CC(C(=O)NCC(=O)NCC(=O)NCC(=O)O)c1ccc(O)cc1I. The van der Waals surface area contributed by atoms with Crippen LogP contribution in [-0.2, 0) is 19.2 Å². The Labute approximate surface area is 157 Å². The number of carboxylic acids is 1. The molecule has 0 aromatic heterocycles. The topological polar surface area (TPSA) is 145 Å². The third-order valence-electron chi connectivity index (χ3n) is 3.15. The van der Waals surface area contributed by atoms with Gasteiger partial charge in [-0.3, -0.25) is 19.2 Å². The highest BCUT2D eigenvalue weighted by Crippen LogP contribution is 2.25. The highest BCUT2D eigenvalue weighted by atomic mass is 127. The summed E-state index contributed by atoms with van der Waals surface area (Å²) in [5.41, 5.74) is 0.712. The van der Waals surface area contributed by atoms with Crippen molar-refractivity contribution in [2.24, 2.45) is 0 Å². The third kappa shape index (κ3) is 7.37. The van der Waals surface area contributed by atoms with Gasteiger partial charge in [0.05, 0.1) is 19.0 Å². The number of phenols is 1. The van der Waals surface area contributed by atoms with Crippen LogP contribution in [0.25, 0.3) is 0 Å². The molecule has 1 atom stereocenters. The van der Waals surface area contributed by atoms with Crippen molar-refractivity contribution < 1.29 is 29.4 Å². The van der Waals surface area contributed by atoms with Crippen LogP contribution in [-0.4, -0.2) is 53.5 Å². The second-order valence-electron chi connectivity index (χ2n) is 5.09. The molecule has 0 aliphatic carbocycles. The lowest BCUT2D eigenvalue weighted by Gasteiger charge is -2.14. The minimum Gasteiger partial charge on any atom is -0.508 e. The minimum absolute atomic E-state index is 0.0984. The van der Waals surface area contributed by atoms with Gasteiger partial charge in [0, 0.05) is 3.57 Å². The zero-order valence-electron chi connectivity index (χ0n) is 13.3. The van der Waals surface area contributed by atoms with Crippen molar-refractivity contribution in [2.45, 2.75) is 12.8 Å². The monoisotopic (exact) mass is 463 g/mol. The van der Waals surface area contributed by atoms with E-state index in [1.165, 1.54) is 12.1 Å². The maximum atomic E-state index is 12.1. The van der Waals surface area contributed by atoms with Gasteiger partial charge in [-0.2, -0.15) is 0 Å². The summed E-state index contributed by atoms with van der Waals surface area (Å²) in [5.74, 6) is -3.22. The molecule has 0 bridgehead atoms. The van der Waals surface area contributed by atoms with Crippen LogP contribution in [0.3, 0.4) is 0 Å². The number of carbonyl (C=O) groups is 4. The van der Waals surface area contributed by atoms with E-state index in [0.717, 1.165) is 3.57 Å². The number of carbonyl (C=O) groups excluding carboxylic acids is 3. The Morgan fingerprint density at radius 3 is 2.16 bits per heavy atom. The van der Waals surface area contributed by atoms with Crippen LogP contribution in [0.15, 0.2) is 18.2 Å². The molecule has 1 aromatic carbocycles. The Balaban J connectivity index is 2.41. The standard InChI is InChI=1S/C15H18IN3O6/c1-8(10-3-2-9(20)4-11(10)16)15(25)19-6-13(22)17-5-12(21)18-7-14(23)24/h2-4,8,20H,5-7H2,1H3,(H,17,22)(H,18,21)(H,19,25)(H,23,24). The summed E-state index contributed by atoms with van der Waals surface area (Å²) >= 11 is 2.00. The molecule has 0 heterocycles. The third-order valence-corrected chi connectivity index (χ3v) is 4.08. The van der Waals surface area contributed by atoms with E-state index >= 15 is 0 Å². The number of rotatable bonds is 8. The minimum atomic E-state index is -1.19. The van der Waals surface area contributed by atoms with E-state index in [-0.39, 0.29) is 24.7 Å². The van der Waals surface area contributed by atoms with Crippen molar-refractivity contribution in [1.82, 2.24) is 16.0 Å². The predicted molar refractivity (Wildman–Crippen MR) is 95.9 cm³/mol. The average Bonchev–Trinajstić information content (AvgIpc) is 2.55. The number of hydrogen-bond donors (Lipinski definition) is 5. The van der Waals surface area contributed by atoms with E-state index < -0.39 is 30.2 Å². The number of benzene rings is 1. The molecule has 0 saturated carbocycles. The number of carboxylic acid groups (broad SMARTS) is 1. The van der Waals surface area contributed by atoms with E-state index in [1.807, 2.05) is 22.6 Å². The molecule has 1 rings (SSSR count). The Hall–Kier alpha value is -2.37. The van der Waals surface area contributed by atoms with Crippen LogP contribution in [0.2, 0.25) is 0 Å². The molecule has 0 fully saturated rings. The van der Waals surface area contributed by atoms with Crippen LogP contribution in [0.1, 0.15) is 18.4 Å². The normalized spacial score (nSPS) is 11.3. The summed E-state index contributed by atoms with van der Waals surface area (Å²) in [7, 11) is 0. The van der Waals surface area contributed by atoms with Gasteiger partial charge in [0.15, 0.2) is 0 Å². The zero-order valence-corrected chi connectivity index (χ0v) is 15.5. The van der Waals surface area contributed by atoms with E-state index in [0.29, 0.717) is 5.56 Å². The van der Waals surface area contributed by atoms with Crippen LogP contribution in [0.5, 0.6) is 5.75 Å². The molecule has 1 unspecified atom stereocenters. The first-order valence-corrected chi connectivity index (χ1v) is 8.30. The Morgan fingerprint density at radius 2 is 1.60 bits per heavy atom. The lowest BCUT2D eigenvalue weighted by atomic mass is 10.0. The average molecular weight is 463 g/mol. The molecule has 3 amide bonds. The quantitative estimate of drug-likeness (QED) is 0.330. The smallest absolute Gasteiger partial charge is 0.322 e.